The molecule has 0 amide bonds. The van der Waals surface area contributed by atoms with Crippen LogP contribution >= 0.6 is 11.8 Å². The van der Waals surface area contributed by atoms with Gasteiger partial charge < -0.3 is 9.47 Å². The van der Waals surface area contributed by atoms with E-state index in [-0.39, 0.29) is 11.2 Å². The van der Waals surface area contributed by atoms with Crippen molar-refractivity contribution in [2.24, 2.45) is 0 Å². The van der Waals surface area contributed by atoms with E-state index in [2.05, 4.69) is 44.1 Å². The van der Waals surface area contributed by atoms with Gasteiger partial charge >= 0.3 is 5.97 Å². The molecule has 138 valence electrons. The number of ether oxygens (including phenoxy) is 2. The van der Waals surface area contributed by atoms with E-state index in [0.717, 1.165) is 11.3 Å². The second-order valence-electron chi connectivity index (χ2n) is 6.54. The van der Waals surface area contributed by atoms with Crippen LogP contribution in [0.25, 0.3) is 0 Å². The Hall–Kier alpha value is -1.98. The van der Waals surface area contributed by atoms with E-state index in [9.17, 15) is 4.79 Å². The highest BCUT2D eigenvalue weighted by Crippen LogP contribution is 2.46. The van der Waals surface area contributed by atoms with Crippen LogP contribution in [0, 0.1) is 0 Å². The predicted molar refractivity (Wildman–Crippen MR) is 106 cm³/mol. The van der Waals surface area contributed by atoms with E-state index in [4.69, 9.17) is 9.47 Å². The van der Waals surface area contributed by atoms with Crippen LogP contribution in [0.15, 0.2) is 42.5 Å². The smallest absolute Gasteiger partial charge is 0.338 e. The molecule has 0 aromatic heterocycles. The van der Waals surface area contributed by atoms with Crippen molar-refractivity contribution in [3.8, 4) is 5.75 Å². The molecule has 0 saturated carbocycles. The van der Waals surface area contributed by atoms with Gasteiger partial charge in [0.2, 0.25) is 0 Å². The Morgan fingerprint density at radius 2 is 2.04 bits per heavy atom. The summed E-state index contributed by atoms with van der Waals surface area (Å²) in [6.07, 6.45) is 0. The molecular weight excluding hydrogens is 346 g/mol. The fourth-order valence-corrected chi connectivity index (χ4v) is 4.28. The first-order chi connectivity index (χ1) is 12.5. The summed E-state index contributed by atoms with van der Waals surface area (Å²) >= 11 is 1.85. The van der Waals surface area contributed by atoms with Gasteiger partial charge in [0.25, 0.3) is 0 Å². The van der Waals surface area contributed by atoms with Crippen LogP contribution in [0.3, 0.4) is 0 Å². The molecule has 1 aliphatic heterocycles. The fraction of sp³-hybridized carbons (Fsp3) is 0.381. The topological polar surface area (TPSA) is 38.8 Å². The summed E-state index contributed by atoms with van der Waals surface area (Å²) in [5.41, 5.74) is 4.02. The largest absolute Gasteiger partial charge is 0.489 e. The second kappa shape index (κ2) is 8.14. The Labute approximate surface area is 159 Å². The zero-order chi connectivity index (χ0) is 18.7. The lowest BCUT2D eigenvalue weighted by atomic mass is 9.98. The number of hydrogen-bond donors (Lipinski definition) is 0. The first-order valence-electron chi connectivity index (χ1n) is 8.84. The molecule has 0 spiro atoms. The first-order valence-corrected chi connectivity index (χ1v) is 9.79. The number of rotatable bonds is 5. The maximum Gasteiger partial charge on any atom is 0.338 e. The maximum atomic E-state index is 12.2. The number of nitrogens with zero attached hydrogens (tertiary/aromatic N) is 1. The lowest BCUT2D eigenvalue weighted by Crippen LogP contribution is -2.22. The molecule has 2 aromatic carbocycles. The molecule has 2 aromatic rings. The van der Waals surface area contributed by atoms with Crippen LogP contribution in [-0.2, 0) is 11.3 Å². The molecule has 0 N–H and O–H groups in total. The molecule has 2 unspecified atom stereocenters. The average Bonchev–Trinajstić information content (AvgIpc) is 2.79. The summed E-state index contributed by atoms with van der Waals surface area (Å²) in [7, 11) is 4.15. The molecule has 26 heavy (non-hydrogen) atoms. The molecule has 0 bridgehead atoms. The summed E-state index contributed by atoms with van der Waals surface area (Å²) in [6, 6.07) is 14.0. The van der Waals surface area contributed by atoms with Crippen LogP contribution in [0.4, 0.5) is 0 Å². The van der Waals surface area contributed by atoms with Crippen molar-refractivity contribution in [3.63, 3.8) is 0 Å². The molecular formula is C21H25NO3S. The highest BCUT2D eigenvalue weighted by atomic mass is 32.2. The van der Waals surface area contributed by atoms with E-state index in [1.54, 1.807) is 6.07 Å². The van der Waals surface area contributed by atoms with Crippen LogP contribution in [0.2, 0.25) is 0 Å². The molecule has 1 aliphatic rings. The standard InChI is InChI=1S/C21H25NO3S/c1-5-24-21(23)15-10-11-19-18(12-15)20(26-14(2)22(3)4)17-9-7-6-8-16(17)13-25-19/h6-12,14,20H,5,13H2,1-4H3. The Morgan fingerprint density at radius 1 is 1.27 bits per heavy atom. The van der Waals surface area contributed by atoms with E-state index in [1.807, 2.05) is 36.9 Å². The highest BCUT2D eigenvalue weighted by molar-refractivity contribution is 8.00. The minimum atomic E-state index is -0.294. The van der Waals surface area contributed by atoms with Crippen molar-refractivity contribution in [3.05, 3.63) is 64.7 Å². The number of thioether (sulfide) groups is 1. The number of carbonyl (C=O) groups is 1. The van der Waals surface area contributed by atoms with Gasteiger partial charge in [-0.15, -0.1) is 11.8 Å². The molecule has 3 rings (SSSR count). The summed E-state index contributed by atoms with van der Waals surface area (Å²) in [4.78, 5) is 14.4. The van der Waals surface area contributed by atoms with Crippen molar-refractivity contribution < 1.29 is 14.3 Å². The number of benzene rings is 2. The average molecular weight is 372 g/mol. The van der Waals surface area contributed by atoms with Gasteiger partial charge in [-0.2, -0.15) is 0 Å². The van der Waals surface area contributed by atoms with Crippen molar-refractivity contribution in [2.45, 2.75) is 31.1 Å². The van der Waals surface area contributed by atoms with Crippen LogP contribution in [-0.4, -0.2) is 36.9 Å². The minimum absolute atomic E-state index is 0.0930. The van der Waals surface area contributed by atoms with Gasteiger partial charge in [0.15, 0.2) is 0 Å². The first kappa shape index (κ1) is 18.8. The van der Waals surface area contributed by atoms with Gasteiger partial charge in [0.1, 0.15) is 12.4 Å². The number of hydrogen-bond acceptors (Lipinski definition) is 5. The Morgan fingerprint density at radius 3 is 2.77 bits per heavy atom. The molecule has 0 fully saturated rings. The zero-order valence-electron chi connectivity index (χ0n) is 15.7. The summed E-state index contributed by atoms with van der Waals surface area (Å²) in [5, 5.41) is 0.403. The third-order valence-corrected chi connectivity index (χ3v) is 6.18. The van der Waals surface area contributed by atoms with E-state index in [1.165, 1.54) is 11.1 Å². The van der Waals surface area contributed by atoms with Crippen molar-refractivity contribution in [2.75, 3.05) is 20.7 Å². The lowest BCUT2D eigenvalue weighted by molar-refractivity contribution is 0.0526. The van der Waals surface area contributed by atoms with Gasteiger partial charge in [0.05, 0.1) is 22.8 Å². The third-order valence-electron chi connectivity index (χ3n) is 4.58. The minimum Gasteiger partial charge on any atom is -0.489 e. The van der Waals surface area contributed by atoms with Crippen molar-refractivity contribution in [1.29, 1.82) is 0 Å². The molecule has 0 radical (unpaired) electrons. The predicted octanol–water partition coefficient (Wildman–Crippen LogP) is 4.49. The molecule has 0 saturated heterocycles. The fourth-order valence-electron chi connectivity index (χ4n) is 2.94. The summed E-state index contributed by atoms with van der Waals surface area (Å²) in [6.45, 7) is 4.91. The Bertz CT molecular complexity index is 791. The van der Waals surface area contributed by atoms with E-state index in [0.29, 0.717) is 24.2 Å². The SMILES string of the molecule is CCOC(=O)c1ccc2c(c1)C(SC(C)N(C)C)c1ccccc1CO2. The molecule has 2 atom stereocenters. The quantitative estimate of drug-likeness (QED) is 0.572. The van der Waals surface area contributed by atoms with Gasteiger partial charge in [-0.05, 0) is 57.3 Å². The summed E-state index contributed by atoms with van der Waals surface area (Å²) in [5.74, 6) is 0.537. The number of carbonyl (C=O) groups excluding carboxylic acids is 1. The summed E-state index contributed by atoms with van der Waals surface area (Å²) < 4.78 is 11.2. The number of esters is 1. The molecule has 4 nitrogen and oxygen atoms in total. The lowest BCUT2D eigenvalue weighted by Gasteiger charge is -2.26. The van der Waals surface area contributed by atoms with Crippen molar-refractivity contribution >= 4 is 17.7 Å². The highest BCUT2D eigenvalue weighted by Gasteiger charge is 2.28. The maximum absolute atomic E-state index is 12.2. The normalized spacial score (nSPS) is 16.9. The Balaban J connectivity index is 2.08. The van der Waals surface area contributed by atoms with E-state index < -0.39 is 0 Å². The molecule has 5 heteroatoms. The van der Waals surface area contributed by atoms with Gasteiger partial charge in [0, 0.05) is 5.56 Å². The molecule has 1 heterocycles. The third kappa shape index (κ3) is 3.89. The van der Waals surface area contributed by atoms with Gasteiger partial charge in [-0.25, -0.2) is 4.79 Å². The zero-order valence-corrected chi connectivity index (χ0v) is 16.5. The van der Waals surface area contributed by atoms with Crippen molar-refractivity contribution in [1.82, 2.24) is 4.90 Å². The van der Waals surface area contributed by atoms with E-state index >= 15 is 0 Å². The molecule has 0 aliphatic carbocycles. The van der Waals surface area contributed by atoms with Crippen LogP contribution in [0.5, 0.6) is 5.75 Å². The monoisotopic (exact) mass is 371 g/mol. The van der Waals surface area contributed by atoms with Crippen LogP contribution < -0.4 is 4.74 Å². The Kier molecular flexibility index (Phi) is 5.89. The second-order valence-corrected chi connectivity index (χ2v) is 7.97. The number of fused-ring (bicyclic) bond motifs is 2. The van der Waals surface area contributed by atoms with Crippen LogP contribution in [0.1, 0.15) is 46.1 Å². The van der Waals surface area contributed by atoms with Gasteiger partial charge in [-0.1, -0.05) is 24.3 Å². The van der Waals surface area contributed by atoms with Gasteiger partial charge in [-0.3, -0.25) is 4.90 Å².